The Labute approximate surface area is 118 Å². The summed E-state index contributed by atoms with van der Waals surface area (Å²) in [5.41, 5.74) is 1.11. The minimum absolute atomic E-state index is 0.0425. The molecule has 19 heavy (non-hydrogen) atoms. The minimum Gasteiger partial charge on any atom is -0.489 e. The summed E-state index contributed by atoms with van der Waals surface area (Å²) >= 11 is 1.75. The number of para-hydroxylation sites is 1. The summed E-state index contributed by atoms with van der Waals surface area (Å²) in [6.45, 7) is 4.50. The molecule has 1 saturated heterocycles. The number of nitrogens with one attached hydrogen (secondary N) is 2. The van der Waals surface area contributed by atoms with E-state index in [-0.39, 0.29) is 18.1 Å². The molecule has 0 aliphatic carbocycles. The lowest BCUT2D eigenvalue weighted by molar-refractivity contribution is -0.122. The molecule has 5 heteroatoms. The average Bonchev–Trinajstić information content (AvgIpc) is 2.93. The van der Waals surface area contributed by atoms with Gasteiger partial charge in [0.25, 0.3) is 0 Å². The van der Waals surface area contributed by atoms with Crippen molar-refractivity contribution >= 4 is 17.7 Å². The van der Waals surface area contributed by atoms with E-state index in [4.69, 9.17) is 4.74 Å². The van der Waals surface area contributed by atoms with Gasteiger partial charge in [0.15, 0.2) is 0 Å². The third-order valence-corrected chi connectivity index (χ3v) is 3.96. The summed E-state index contributed by atoms with van der Waals surface area (Å²) in [6.07, 6.45) is -0.0425. The second-order valence-electron chi connectivity index (χ2n) is 4.71. The first kappa shape index (κ1) is 14.2. The van der Waals surface area contributed by atoms with Gasteiger partial charge in [-0.3, -0.25) is 10.1 Å². The van der Waals surface area contributed by atoms with E-state index in [2.05, 4.69) is 10.6 Å². The fraction of sp³-hybridized carbons (Fsp3) is 0.500. The molecule has 1 heterocycles. The van der Waals surface area contributed by atoms with Crippen molar-refractivity contribution in [2.24, 2.45) is 0 Å². The number of benzene rings is 1. The molecular weight excluding hydrogens is 260 g/mol. The van der Waals surface area contributed by atoms with E-state index in [0.29, 0.717) is 6.54 Å². The van der Waals surface area contributed by atoms with Crippen LogP contribution in [-0.2, 0) is 4.79 Å². The molecule has 0 radical (unpaired) electrons. The van der Waals surface area contributed by atoms with Crippen molar-refractivity contribution in [1.82, 2.24) is 10.6 Å². The molecule has 1 fully saturated rings. The standard InChI is InChI=1S/C14H20N2O2S/c1-10-5-3-4-6-13(10)18-11(2)7-15-14(17)12-8-19-9-16-12/h3-6,11-12,16H,7-9H2,1-2H3,(H,15,17). The fourth-order valence-electron chi connectivity index (χ4n) is 1.88. The Hall–Kier alpha value is -1.20. The van der Waals surface area contributed by atoms with Gasteiger partial charge in [-0.15, -0.1) is 11.8 Å². The number of aryl methyl sites for hydroxylation is 1. The quantitative estimate of drug-likeness (QED) is 0.859. The SMILES string of the molecule is Cc1ccccc1OC(C)CNC(=O)C1CSCN1. The molecule has 1 aliphatic rings. The monoisotopic (exact) mass is 280 g/mol. The smallest absolute Gasteiger partial charge is 0.238 e. The molecule has 4 nitrogen and oxygen atoms in total. The molecule has 0 aromatic heterocycles. The number of amides is 1. The van der Waals surface area contributed by atoms with Gasteiger partial charge >= 0.3 is 0 Å². The largest absolute Gasteiger partial charge is 0.489 e. The highest BCUT2D eigenvalue weighted by Gasteiger charge is 2.22. The zero-order valence-electron chi connectivity index (χ0n) is 11.3. The molecular formula is C14H20N2O2S. The van der Waals surface area contributed by atoms with Gasteiger partial charge in [-0.05, 0) is 25.5 Å². The Morgan fingerprint density at radius 3 is 3.05 bits per heavy atom. The van der Waals surface area contributed by atoms with E-state index in [1.54, 1.807) is 11.8 Å². The van der Waals surface area contributed by atoms with Crippen molar-refractivity contribution in [3.8, 4) is 5.75 Å². The van der Waals surface area contributed by atoms with Gasteiger partial charge in [-0.25, -0.2) is 0 Å². The Morgan fingerprint density at radius 2 is 2.37 bits per heavy atom. The highest BCUT2D eigenvalue weighted by molar-refractivity contribution is 7.99. The predicted molar refractivity (Wildman–Crippen MR) is 78.5 cm³/mol. The number of carbonyl (C=O) groups excluding carboxylic acids is 1. The van der Waals surface area contributed by atoms with Crippen LogP contribution >= 0.6 is 11.8 Å². The lowest BCUT2D eigenvalue weighted by Crippen LogP contribution is -2.44. The highest BCUT2D eigenvalue weighted by Crippen LogP contribution is 2.17. The second kappa shape index (κ2) is 6.82. The molecule has 1 amide bonds. The zero-order valence-corrected chi connectivity index (χ0v) is 12.1. The molecule has 2 atom stereocenters. The number of carbonyl (C=O) groups is 1. The van der Waals surface area contributed by atoms with Crippen LogP contribution in [0.5, 0.6) is 5.75 Å². The summed E-state index contributed by atoms with van der Waals surface area (Å²) in [4.78, 5) is 11.8. The highest BCUT2D eigenvalue weighted by atomic mass is 32.2. The molecule has 0 spiro atoms. The first-order chi connectivity index (χ1) is 9.16. The van der Waals surface area contributed by atoms with Crippen molar-refractivity contribution in [3.05, 3.63) is 29.8 Å². The van der Waals surface area contributed by atoms with E-state index >= 15 is 0 Å². The number of hydrogen-bond donors (Lipinski definition) is 2. The summed E-state index contributed by atoms with van der Waals surface area (Å²) in [5.74, 6) is 2.63. The molecule has 2 unspecified atom stereocenters. The van der Waals surface area contributed by atoms with Crippen LogP contribution < -0.4 is 15.4 Å². The molecule has 0 saturated carbocycles. The number of rotatable bonds is 5. The van der Waals surface area contributed by atoms with Gasteiger partial charge in [0.1, 0.15) is 11.9 Å². The van der Waals surface area contributed by atoms with Crippen LogP contribution in [0.25, 0.3) is 0 Å². The van der Waals surface area contributed by atoms with Crippen LogP contribution in [0.2, 0.25) is 0 Å². The maximum Gasteiger partial charge on any atom is 0.238 e. The molecule has 104 valence electrons. The fourth-order valence-corrected chi connectivity index (χ4v) is 2.82. The molecule has 2 rings (SSSR count). The third-order valence-electron chi connectivity index (χ3n) is 3.02. The third kappa shape index (κ3) is 4.14. The maximum atomic E-state index is 11.8. The van der Waals surface area contributed by atoms with E-state index in [1.807, 2.05) is 38.1 Å². The maximum absolute atomic E-state index is 11.8. The lowest BCUT2D eigenvalue weighted by atomic mass is 10.2. The molecule has 1 aromatic carbocycles. The topological polar surface area (TPSA) is 50.4 Å². The van der Waals surface area contributed by atoms with Crippen LogP contribution in [0.15, 0.2) is 24.3 Å². The van der Waals surface area contributed by atoms with Crippen molar-refractivity contribution in [2.45, 2.75) is 26.0 Å². The van der Waals surface area contributed by atoms with E-state index in [1.165, 1.54) is 0 Å². The van der Waals surface area contributed by atoms with Gasteiger partial charge in [0.05, 0.1) is 12.6 Å². The first-order valence-electron chi connectivity index (χ1n) is 6.48. The Kier molecular flexibility index (Phi) is 5.10. The van der Waals surface area contributed by atoms with Gasteiger partial charge in [0.2, 0.25) is 5.91 Å². The van der Waals surface area contributed by atoms with Crippen molar-refractivity contribution in [2.75, 3.05) is 18.2 Å². The normalized spacial score (nSPS) is 20.0. The molecule has 0 bridgehead atoms. The summed E-state index contributed by atoms with van der Waals surface area (Å²) in [6, 6.07) is 7.84. The van der Waals surface area contributed by atoms with Gasteiger partial charge in [0, 0.05) is 11.6 Å². The molecule has 2 N–H and O–H groups in total. The summed E-state index contributed by atoms with van der Waals surface area (Å²) < 4.78 is 5.82. The number of ether oxygens (including phenoxy) is 1. The minimum atomic E-state index is -0.0596. The Bertz CT molecular complexity index is 433. The van der Waals surface area contributed by atoms with E-state index in [9.17, 15) is 4.79 Å². The van der Waals surface area contributed by atoms with Crippen LogP contribution in [-0.4, -0.2) is 36.2 Å². The average molecular weight is 280 g/mol. The van der Waals surface area contributed by atoms with Crippen molar-refractivity contribution in [1.29, 1.82) is 0 Å². The van der Waals surface area contributed by atoms with E-state index < -0.39 is 0 Å². The van der Waals surface area contributed by atoms with Gasteiger partial charge in [-0.1, -0.05) is 18.2 Å². The van der Waals surface area contributed by atoms with Crippen LogP contribution in [0.4, 0.5) is 0 Å². The van der Waals surface area contributed by atoms with Crippen LogP contribution in [0.3, 0.4) is 0 Å². The Balaban J connectivity index is 1.76. The van der Waals surface area contributed by atoms with Crippen molar-refractivity contribution in [3.63, 3.8) is 0 Å². The number of thioether (sulfide) groups is 1. The van der Waals surface area contributed by atoms with Gasteiger partial charge in [-0.2, -0.15) is 0 Å². The summed E-state index contributed by atoms with van der Waals surface area (Å²) in [7, 11) is 0. The Morgan fingerprint density at radius 1 is 1.58 bits per heavy atom. The first-order valence-corrected chi connectivity index (χ1v) is 7.63. The van der Waals surface area contributed by atoms with E-state index in [0.717, 1.165) is 22.9 Å². The van der Waals surface area contributed by atoms with Gasteiger partial charge < -0.3 is 10.1 Å². The lowest BCUT2D eigenvalue weighted by Gasteiger charge is -2.18. The van der Waals surface area contributed by atoms with Crippen molar-refractivity contribution < 1.29 is 9.53 Å². The zero-order chi connectivity index (χ0) is 13.7. The summed E-state index contributed by atoms with van der Waals surface area (Å²) in [5, 5.41) is 6.07. The van der Waals surface area contributed by atoms with Crippen LogP contribution in [0, 0.1) is 6.92 Å². The van der Waals surface area contributed by atoms with Crippen LogP contribution in [0.1, 0.15) is 12.5 Å². The second-order valence-corrected chi connectivity index (χ2v) is 5.74. The molecule has 1 aliphatic heterocycles. The molecule has 1 aromatic rings. The number of hydrogen-bond acceptors (Lipinski definition) is 4. The predicted octanol–water partition coefficient (Wildman–Crippen LogP) is 1.54.